The van der Waals surface area contributed by atoms with Gasteiger partial charge in [0.1, 0.15) is 0 Å². The van der Waals surface area contributed by atoms with E-state index in [-0.39, 0.29) is 17.4 Å². The number of amides is 1. The molecule has 0 radical (unpaired) electrons. The molecule has 6 heteroatoms. The first-order valence-electron chi connectivity index (χ1n) is 10.1. The van der Waals surface area contributed by atoms with Crippen molar-refractivity contribution in [3.63, 3.8) is 0 Å². The van der Waals surface area contributed by atoms with Gasteiger partial charge in [-0.2, -0.15) is 5.26 Å². The van der Waals surface area contributed by atoms with E-state index in [1.165, 1.54) is 5.56 Å². The smallest absolute Gasteiger partial charge is 0.234 e. The minimum Gasteiger partial charge on any atom is -0.374 e. The molecule has 1 aliphatic rings. The number of nitrogens with zero attached hydrogens (tertiary/aromatic N) is 3. The number of nitriles is 1. The Balaban J connectivity index is 1.76. The number of nitrogens with one attached hydrogen (secondary N) is 1. The monoisotopic (exact) mass is 386 g/mol. The lowest BCUT2D eigenvalue weighted by Crippen LogP contribution is -2.49. The molecule has 1 aromatic carbocycles. The van der Waals surface area contributed by atoms with Gasteiger partial charge in [0.15, 0.2) is 0 Å². The highest BCUT2D eigenvalue weighted by molar-refractivity contribution is 5.78. The molecule has 6 nitrogen and oxygen atoms in total. The van der Waals surface area contributed by atoms with E-state index < -0.39 is 0 Å². The van der Waals surface area contributed by atoms with Crippen molar-refractivity contribution in [3.8, 4) is 6.07 Å². The quantitative estimate of drug-likeness (QED) is 0.705. The molecular weight excluding hydrogens is 352 g/mol. The number of morpholine rings is 1. The Morgan fingerprint density at radius 1 is 1.36 bits per heavy atom. The van der Waals surface area contributed by atoms with Gasteiger partial charge in [0.05, 0.1) is 25.3 Å². The van der Waals surface area contributed by atoms with E-state index in [1.807, 2.05) is 6.07 Å². The maximum Gasteiger partial charge on any atom is 0.234 e. The molecule has 0 aromatic heterocycles. The third kappa shape index (κ3) is 8.83. The van der Waals surface area contributed by atoms with Gasteiger partial charge in [0.25, 0.3) is 0 Å². The molecule has 28 heavy (non-hydrogen) atoms. The lowest BCUT2D eigenvalue weighted by atomic mass is 9.96. The maximum absolute atomic E-state index is 12.4. The fourth-order valence-electron chi connectivity index (χ4n) is 3.47. The number of ether oxygens (including phenoxy) is 1. The minimum atomic E-state index is -0.00836. The van der Waals surface area contributed by atoms with E-state index in [0.717, 1.165) is 26.2 Å². The first kappa shape index (κ1) is 22.4. The zero-order valence-electron chi connectivity index (χ0n) is 17.5. The summed E-state index contributed by atoms with van der Waals surface area (Å²) in [4.78, 5) is 16.8. The lowest BCUT2D eigenvalue weighted by Gasteiger charge is -2.33. The molecule has 1 N–H and O–H groups in total. The van der Waals surface area contributed by atoms with Crippen molar-refractivity contribution in [2.45, 2.75) is 39.8 Å². The summed E-state index contributed by atoms with van der Waals surface area (Å²) in [6.07, 6.45) is 0.445. The zero-order chi connectivity index (χ0) is 20.4. The van der Waals surface area contributed by atoms with Crippen LogP contribution in [0.25, 0.3) is 0 Å². The standard InChI is InChI=1S/C22H34N4O2/c1-22(2,3)18-26(11-7-10-23)17-21(27)24-14-20-16-25(12-13-28-20)15-19-8-5-4-6-9-19/h4-6,8-9,20H,7,11-18H2,1-3H3,(H,24,27). The maximum atomic E-state index is 12.4. The van der Waals surface area contributed by atoms with E-state index in [0.29, 0.717) is 32.7 Å². The van der Waals surface area contributed by atoms with Gasteiger partial charge >= 0.3 is 0 Å². The van der Waals surface area contributed by atoms with Gasteiger partial charge in [-0.05, 0) is 11.0 Å². The van der Waals surface area contributed by atoms with Gasteiger partial charge in [-0.3, -0.25) is 14.6 Å². The lowest BCUT2D eigenvalue weighted by molar-refractivity contribution is -0.123. The van der Waals surface area contributed by atoms with E-state index in [1.54, 1.807) is 0 Å². The van der Waals surface area contributed by atoms with Crippen LogP contribution in [0.15, 0.2) is 30.3 Å². The highest BCUT2D eigenvalue weighted by atomic mass is 16.5. The van der Waals surface area contributed by atoms with Crippen molar-refractivity contribution >= 4 is 5.91 Å². The largest absolute Gasteiger partial charge is 0.374 e. The number of carbonyl (C=O) groups is 1. The molecule has 1 aliphatic heterocycles. The first-order valence-corrected chi connectivity index (χ1v) is 10.1. The van der Waals surface area contributed by atoms with Crippen LogP contribution in [0.3, 0.4) is 0 Å². The van der Waals surface area contributed by atoms with Gasteiger partial charge in [-0.25, -0.2) is 0 Å². The Labute approximate surface area is 169 Å². The van der Waals surface area contributed by atoms with Gasteiger partial charge in [-0.1, -0.05) is 51.1 Å². The fourth-order valence-corrected chi connectivity index (χ4v) is 3.47. The molecule has 0 spiro atoms. The summed E-state index contributed by atoms with van der Waals surface area (Å²) in [5, 5.41) is 11.9. The van der Waals surface area contributed by atoms with Crippen LogP contribution in [0.4, 0.5) is 0 Å². The predicted molar refractivity (Wildman–Crippen MR) is 111 cm³/mol. The Morgan fingerprint density at radius 2 is 2.11 bits per heavy atom. The van der Waals surface area contributed by atoms with Crippen LogP contribution in [-0.4, -0.2) is 67.7 Å². The summed E-state index contributed by atoms with van der Waals surface area (Å²) >= 11 is 0. The van der Waals surface area contributed by atoms with Crippen molar-refractivity contribution in [2.75, 3.05) is 45.9 Å². The van der Waals surface area contributed by atoms with E-state index in [9.17, 15) is 4.79 Å². The Morgan fingerprint density at radius 3 is 2.79 bits per heavy atom. The van der Waals surface area contributed by atoms with Crippen molar-refractivity contribution in [1.82, 2.24) is 15.1 Å². The van der Waals surface area contributed by atoms with Crippen LogP contribution in [0.2, 0.25) is 0 Å². The molecule has 1 fully saturated rings. The van der Waals surface area contributed by atoms with Gasteiger partial charge in [-0.15, -0.1) is 0 Å². The molecule has 0 aliphatic carbocycles. The van der Waals surface area contributed by atoms with Crippen LogP contribution in [-0.2, 0) is 16.1 Å². The average Bonchev–Trinajstić information content (AvgIpc) is 2.64. The highest BCUT2D eigenvalue weighted by Gasteiger charge is 2.22. The average molecular weight is 387 g/mol. The topological polar surface area (TPSA) is 68.6 Å². The number of rotatable bonds is 9. The van der Waals surface area contributed by atoms with E-state index >= 15 is 0 Å². The van der Waals surface area contributed by atoms with Gasteiger partial charge in [0.2, 0.25) is 5.91 Å². The van der Waals surface area contributed by atoms with E-state index in [2.05, 4.69) is 66.2 Å². The summed E-state index contributed by atoms with van der Waals surface area (Å²) in [6.45, 7) is 12.0. The molecule has 1 saturated heterocycles. The SMILES string of the molecule is CC(C)(C)CN(CCC#N)CC(=O)NCC1CN(Cc2ccccc2)CCO1. The first-order chi connectivity index (χ1) is 13.4. The third-order valence-corrected chi connectivity index (χ3v) is 4.60. The third-order valence-electron chi connectivity index (χ3n) is 4.60. The molecule has 1 unspecified atom stereocenters. The molecule has 1 aromatic rings. The highest BCUT2D eigenvalue weighted by Crippen LogP contribution is 2.15. The molecule has 1 atom stereocenters. The van der Waals surface area contributed by atoms with Crippen molar-refractivity contribution < 1.29 is 9.53 Å². The van der Waals surface area contributed by atoms with Gasteiger partial charge < -0.3 is 10.1 Å². The molecule has 1 heterocycles. The summed E-state index contributed by atoms with van der Waals surface area (Å²) in [5.74, 6) is -0.00836. The van der Waals surface area contributed by atoms with Crippen molar-refractivity contribution in [1.29, 1.82) is 5.26 Å². The minimum absolute atomic E-state index is 0.00836. The number of carbonyl (C=O) groups excluding carboxylic acids is 1. The second-order valence-corrected chi connectivity index (χ2v) is 8.70. The molecule has 154 valence electrons. The number of hydrogen-bond acceptors (Lipinski definition) is 5. The predicted octanol–water partition coefficient (Wildman–Crippen LogP) is 2.27. The molecule has 0 saturated carbocycles. The Bertz CT molecular complexity index is 636. The number of hydrogen-bond donors (Lipinski definition) is 1. The molecular formula is C22H34N4O2. The number of benzene rings is 1. The second kappa shape index (κ2) is 11.2. The van der Waals surface area contributed by atoms with Crippen molar-refractivity contribution in [2.24, 2.45) is 5.41 Å². The summed E-state index contributed by atoms with van der Waals surface area (Å²) in [6, 6.07) is 12.6. The van der Waals surface area contributed by atoms with E-state index in [4.69, 9.17) is 10.00 Å². The second-order valence-electron chi connectivity index (χ2n) is 8.70. The van der Waals surface area contributed by atoms with Crippen LogP contribution in [0.1, 0.15) is 32.8 Å². The molecule has 1 amide bonds. The summed E-state index contributed by atoms with van der Waals surface area (Å²) < 4.78 is 5.83. The normalized spacial score (nSPS) is 18.0. The van der Waals surface area contributed by atoms with Gasteiger partial charge in [0, 0.05) is 45.7 Å². The zero-order valence-corrected chi connectivity index (χ0v) is 17.5. The Hall–Kier alpha value is -1.94. The fraction of sp³-hybridized carbons (Fsp3) is 0.636. The Kier molecular flexibility index (Phi) is 8.91. The van der Waals surface area contributed by atoms with Crippen LogP contribution >= 0.6 is 0 Å². The van der Waals surface area contributed by atoms with Crippen LogP contribution in [0.5, 0.6) is 0 Å². The van der Waals surface area contributed by atoms with Crippen molar-refractivity contribution in [3.05, 3.63) is 35.9 Å². The van der Waals surface area contributed by atoms with Crippen LogP contribution in [0, 0.1) is 16.7 Å². The summed E-state index contributed by atoms with van der Waals surface area (Å²) in [5.41, 5.74) is 1.38. The molecule has 0 bridgehead atoms. The summed E-state index contributed by atoms with van der Waals surface area (Å²) in [7, 11) is 0. The van der Waals surface area contributed by atoms with Crippen LogP contribution < -0.4 is 5.32 Å². The molecule has 2 rings (SSSR count).